The molecule has 0 aliphatic heterocycles. The molecule has 1 rings (SSSR count). The first kappa shape index (κ1) is 13.2. The van der Waals surface area contributed by atoms with Crippen LogP contribution in [-0.2, 0) is 4.74 Å². The van der Waals surface area contributed by atoms with E-state index in [1.165, 1.54) is 0 Å². The second-order valence-corrected chi connectivity index (χ2v) is 4.50. The molecular formula is C10H12BrClO2S. The maximum Gasteiger partial charge on any atom is 0.133 e. The molecule has 0 unspecified atom stereocenters. The second-order valence-electron chi connectivity index (χ2n) is 2.76. The molecule has 0 atom stereocenters. The number of hydrogen-bond donors (Lipinski definition) is 1. The summed E-state index contributed by atoms with van der Waals surface area (Å²) >= 11 is 13.2. The lowest BCUT2D eigenvalue weighted by molar-refractivity contribution is 0.112. The quantitative estimate of drug-likeness (QED) is 0.641. The van der Waals surface area contributed by atoms with Crippen LogP contribution in [0.2, 0.25) is 5.02 Å². The molecule has 0 aromatic heterocycles. The van der Waals surface area contributed by atoms with Gasteiger partial charge in [-0.25, -0.2) is 0 Å². The Morgan fingerprint density at radius 2 is 2.07 bits per heavy atom. The lowest BCUT2D eigenvalue weighted by Gasteiger charge is -2.08. The molecule has 15 heavy (non-hydrogen) atoms. The van der Waals surface area contributed by atoms with Crippen molar-refractivity contribution in [2.75, 3.05) is 25.6 Å². The minimum Gasteiger partial charge on any atom is -0.490 e. The Kier molecular flexibility index (Phi) is 6.48. The highest BCUT2D eigenvalue weighted by Crippen LogP contribution is 2.27. The van der Waals surface area contributed by atoms with Crippen molar-refractivity contribution in [1.29, 1.82) is 0 Å². The van der Waals surface area contributed by atoms with Crippen molar-refractivity contribution in [3.05, 3.63) is 27.7 Å². The summed E-state index contributed by atoms with van der Waals surface area (Å²) in [6.07, 6.45) is 0. The highest BCUT2D eigenvalue weighted by atomic mass is 79.9. The van der Waals surface area contributed by atoms with Gasteiger partial charge in [0.2, 0.25) is 0 Å². The van der Waals surface area contributed by atoms with E-state index in [0.717, 1.165) is 16.0 Å². The summed E-state index contributed by atoms with van der Waals surface area (Å²) in [6, 6.07) is 5.41. The molecule has 2 nitrogen and oxygen atoms in total. The Hall–Kier alpha value is 0.1000. The van der Waals surface area contributed by atoms with E-state index in [0.29, 0.717) is 24.8 Å². The summed E-state index contributed by atoms with van der Waals surface area (Å²) in [5.74, 6) is 1.50. The maximum absolute atomic E-state index is 5.80. The predicted molar refractivity (Wildman–Crippen MR) is 69.3 cm³/mol. The van der Waals surface area contributed by atoms with E-state index in [4.69, 9.17) is 21.1 Å². The SMILES string of the molecule is SCCOCCOc1ccc(Cl)cc1Br. The molecule has 0 saturated carbocycles. The minimum atomic E-state index is 0.522. The van der Waals surface area contributed by atoms with Crippen LogP contribution in [0.5, 0.6) is 5.75 Å². The van der Waals surface area contributed by atoms with E-state index in [1.807, 2.05) is 6.07 Å². The van der Waals surface area contributed by atoms with Crippen molar-refractivity contribution >= 4 is 40.2 Å². The van der Waals surface area contributed by atoms with Gasteiger partial charge in [-0.15, -0.1) is 0 Å². The molecule has 0 aliphatic rings. The van der Waals surface area contributed by atoms with Gasteiger partial charge in [-0.3, -0.25) is 0 Å². The van der Waals surface area contributed by atoms with Crippen LogP contribution in [0.25, 0.3) is 0 Å². The van der Waals surface area contributed by atoms with Crippen LogP contribution in [0.15, 0.2) is 22.7 Å². The Bertz CT molecular complexity index is 309. The topological polar surface area (TPSA) is 18.5 Å². The Morgan fingerprint density at radius 1 is 1.27 bits per heavy atom. The number of benzene rings is 1. The van der Waals surface area contributed by atoms with Crippen molar-refractivity contribution in [3.63, 3.8) is 0 Å². The fraction of sp³-hybridized carbons (Fsp3) is 0.400. The first-order chi connectivity index (χ1) is 7.24. The summed E-state index contributed by atoms with van der Waals surface area (Å²) < 4.78 is 11.6. The van der Waals surface area contributed by atoms with E-state index in [2.05, 4.69) is 28.6 Å². The fourth-order valence-corrected chi connectivity index (χ4v) is 1.90. The molecule has 5 heteroatoms. The van der Waals surface area contributed by atoms with Crippen LogP contribution < -0.4 is 4.74 Å². The van der Waals surface area contributed by atoms with Crippen LogP contribution in [0.4, 0.5) is 0 Å². The molecule has 1 aromatic rings. The van der Waals surface area contributed by atoms with Crippen LogP contribution >= 0.6 is 40.2 Å². The van der Waals surface area contributed by atoms with Crippen LogP contribution in [0.1, 0.15) is 0 Å². The monoisotopic (exact) mass is 310 g/mol. The number of halogens is 2. The molecular weight excluding hydrogens is 300 g/mol. The number of ether oxygens (including phenoxy) is 2. The molecule has 0 spiro atoms. The van der Waals surface area contributed by atoms with Gasteiger partial charge in [0.15, 0.2) is 0 Å². The average Bonchev–Trinajstić information content (AvgIpc) is 2.20. The van der Waals surface area contributed by atoms with Crippen LogP contribution in [-0.4, -0.2) is 25.6 Å². The van der Waals surface area contributed by atoms with Gasteiger partial charge in [0.25, 0.3) is 0 Å². The molecule has 84 valence electrons. The predicted octanol–water partition coefficient (Wildman–Crippen LogP) is 3.43. The first-order valence-corrected chi connectivity index (χ1v) is 6.31. The Labute approximate surface area is 108 Å². The van der Waals surface area contributed by atoms with Gasteiger partial charge < -0.3 is 9.47 Å². The van der Waals surface area contributed by atoms with Gasteiger partial charge in [0, 0.05) is 10.8 Å². The molecule has 0 saturated heterocycles. The van der Waals surface area contributed by atoms with E-state index in [-0.39, 0.29) is 0 Å². The minimum absolute atomic E-state index is 0.522. The Morgan fingerprint density at radius 3 is 2.73 bits per heavy atom. The second kappa shape index (κ2) is 7.39. The normalized spacial score (nSPS) is 10.3. The van der Waals surface area contributed by atoms with Gasteiger partial charge in [-0.05, 0) is 34.1 Å². The molecule has 0 N–H and O–H groups in total. The van der Waals surface area contributed by atoms with Crippen LogP contribution in [0, 0.1) is 0 Å². The van der Waals surface area contributed by atoms with E-state index in [1.54, 1.807) is 12.1 Å². The summed E-state index contributed by atoms with van der Waals surface area (Å²) in [4.78, 5) is 0. The third kappa shape index (κ3) is 5.11. The van der Waals surface area contributed by atoms with Gasteiger partial charge >= 0.3 is 0 Å². The standard InChI is InChI=1S/C10H12BrClO2S/c11-9-7-8(12)1-2-10(9)14-4-3-13-5-6-15/h1-2,7,15H,3-6H2. The maximum atomic E-state index is 5.80. The average molecular weight is 312 g/mol. The molecule has 0 fully saturated rings. The molecule has 1 aromatic carbocycles. The first-order valence-electron chi connectivity index (χ1n) is 4.50. The number of rotatable bonds is 6. The van der Waals surface area contributed by atoms with Crippen molar-refractivity contribution < 1.29 is 9.47 Å². The molecule has 0 amide bonds. The fourth-order valence-electron chi connectivity index (χ4n) is 0.969. The molecule has 0 bridgehead atoms. The van der Waals surface area contributed by atoms with Gasteiger partial charge in [-0.1, -0.05) is 11.6 Å². The zero-order valence-corrected chi connectivity index (χ0v) is 11.3. The Balaban J connectivity index is 2.31. The third-order valence-corrected chi connectivity index (χ3v) is 2.65. The van der Waals surface area contributed by atoms with Crippen molar-refractivity contribution in [1.82, 2.24) is 0 Å². The van der Waals surface area contributed by atoms with E-state index in [9.17, 15) is 0 Å². The number of thiol groups is 1. The zero-order valence-electron chi connectivity index (χ0n) is 8.08. The van der Waals surface area contributed by atoms with Crippen LogP contribution in [0.3, 0.4) is 0 Å². The van der Waals surface area contributed by atoms with E-state index < -0.39 is 0 Å². The van der Waals surface area contributed by atoms with Crippen molar-refractivity contribution in [2.45, 2.75) is 0 Å². The summed E-state index contributed by atoms with van der Waals surface area (Å²) in [5.41, 5.74) is 0. The molecule has 0 radical (unpaired) electrons. The smallest absolute Gasteiger partial charge is 0.133 e. The lowest BCUT2D eigenvalue weighted by atomic mass is 10.3. The highest BCUT2D eigenvalue weighted by Gasteiger charge is 2.01. The van der Waals surface area contributed by atoms with Gasteiger partial charge in [0.1, 0.15) is 12.4 Å². The third-order valence-electron chi connectivity index (χ3n) is 1.61. The lowest BCUT2D eigenvalue weighted by Crippen LogP contribution is -2.08. The summed E-state index contributed by atoms with van der Waals surface area (Å²) in [5, 5.41) is 0.681. The van der Waals surface area contributed by atoms with Crippen molar-refractivity contribution in [2.24, 2.45) is 0 Å². The van der Waals surface area contributed by atoms with Gasteiger partial charge in [0.05, 0.1) is 17.7 Å². The summed E-state index contributed by atoms with van der Waals surface area (Å²) in [6.45, 7) is 1.73. The number of hydrogen-bond acceptors (Lipinski definition) is 3. The summed E-state index contributed by atoms with van der Waals surface area (Å²) in [7, 11) is 0. The highest BCUT2D eigenvalue weighted by molar-refractivity contribution is 9.10. The van der Waals surface area contributed by atoms with E-state index >= 15 is 0 Å². The largest absolute Gasteiger partial charge is 0.490 e. The zero-order chi connectivity index (χ0) is 11.1. The van der Waals surface area contributed by atoms with Crippen molar-refractivity contribution in [3.8, 4) is 5.75 Å². The molecule has 0 heterocycles. The van der Waals surface area contributed by atoms with Gasteiger partial charge in [-0.2, -0.15) is 12.6 Å². The molecule has 0 aliphatic carbocycles.